The first kappa shape index (κ1) is 13.5. The maximum atomic E-state index is 11.2. The summed E-state index contributed by atoms with van der Waals surface area (Å²) in [6.45, 7) is 8.95. The molecule has 4 nitrogen and oxygen atoms in total. The van der Waals surface area contributed by atoms with E-state index in [4.69, 9.17) is 5.73 Å². The first-order valence-corrected chi connectivity index (χ1v) is 6.05. The maximum Gasteiger partial charge on any atom is 0.224 e. The van der Waals surface area contributed by atoms with Crippen LogP contribution in [0.25, 0.3) is 0 Å². The minimum atomic E-state index is -0.455. The van der Waals surface area contributed by atoms with Crippen LogP contribution in [0, 0.1) is 11.3 Å². The summed E-state index contributed by atoms with van der Waals surface area (Å²) >= 11 is 0. The molecule has 0 spiro atoms. The van der Waals surface area contributed by atoms with Crippen LogP contribution < -0.4 is 11.1 Å². The van der Waals surface area contributed by atoms with E-state index in [1.54, 1.807) is 0 Å². The lowest BCUT2D eigenvalue weighted by molar-refractivity contribution is -0.125. The molecule has 94 valence electrons. The van der Waals surface area contributed by atoms with Crippen molar-refractivity contribution in [1.82, 2.24) is 10.2 Å². The number of piperidine rings is 1. The van der Waals surface area contributed by atoms with Crippen LogP contribution >= 0.6 is 0 Å². The number of rotatable bonds is 4. The molecule has 1 amide bonds. The standard InChI is InChI=1S/C12H25N3O/c1-9-7-15(4)6-5-10(9)14-8-12(2,3)11(13)16/h9-10,14H,5-8H2,1-4H3,(H2,13,16). The van der Waals surface area contributed by atoms with E-state index in [0.29, 0.717) is 18.5 Å². The van der Waals surface area contributed by atoms with Gasteiger partial charge in [0.05, 0.1) is 5.41 Å². The van der Waals surface area contributed by atoms with Crippen molar-refractivity contribution in [2.24, 2.45) is 17.1 Å². The SMILES string of the molecule is CC1CN(C)CCC1NCC(C)(C)C(N)=O. The van der Waals surface area contributed by atoms with Gasteiger partial charge in [-0.1, -0.05) is 6.92 Å². The van der Waals surface area contributed by atoms with Crippen molar-refractivity contribution < 1.29 is 4.79 Å². The van der Waals surface area contributed by atoms with Crippen LogP contribution in [0.3, 0.4) is 0 Å². The van der Waals surface area contributed by atoms with Crippen LogP contribution in [0.15, 0.2) is 0 Å². The summed E-state index contributed by atoms with van der Waals surface area (Å²) in [7, 11) is 2.15. The highest BCUT2D eigenvalue weighted by Gasteiger charge is 2.29. The Morgan fingerprint density at radius 3 is 2.69 bits per heavy atom. The summed E-state index contributed by atoms with van der Waals surface area (Å²) in [5.74, 6) is 0.392. The van der Waals surface area contributed by atoms with E-state index >= 15 is 0 Å². The van der Waals surface area contributed by atoms with E-state index in [1.165, 1.54) is 0 Å². The first-order valence-electron chi connectivity index (χ1n) is 6.05. The van der Waals surface area contributed by atoms with Crippen LogP contribution in [0.5, 0.6) is 0 Å². The molecule has 16 heavy (non-hydrogen) atoms. The van der Waals surface area contributed by atoms with Crippen molar-refractivity contribution in [3.05, 3.63) is 0 Å². The highest BCUT2D eigenvalue weighted by Crippen LogP contribution is 2.18. The summed E-state index contributed by atoms with van der Waals surface area (Å²) in [5, 5.41) is 3.49. The molecule has 0 bridgehead atoms. The smallest absolute Gasteiger partial charge is 0.224 e. The Bertz CT molecular complexity index is 253. The Morgan fingerprint density at radius 1 is 1.56 bits per heavy atom. The zero-order valence-electron chi connectivity index (χ0n) is 10.9. The van der Waals surface area contributed by atoms with Gasteiger partial charge in [0.25, 0.3) is 0 Å². The molecule has 1 heterocycles. The fraction of sp³-hybridized carbons (Fsp3) is 0.917. The fourth-order valence-electron chi connectivity index (χ4n) is 2.13. The Morgan fingerprint density at radius 2 is 2.19 bits per heavy atom. The predicted octanol–water partition coefficient (Wildman–Crippen LogP) is 0.428. The molecule has 1 saturated heterocycles. The molecule has 0 aromatic rings. The average molecular weight is 227 g/mol. The van der Waals surface area contributed by atoms with Crippen molar-refractivity contribution in [2.75, 3.05) is 26.7 Å². The molecule has 0 aromatic carbocycles. The second kappa shape index (κ2) is 5.15. The fourth-order valence-corrected chi connectivity index (χ4v) is 2.13. The zero-order chi connectivity index (χ0) is 12.3. The zero-order valence-corrected chi connectivity index (χ0v) is 10.9. The molecular weight excluding hydrogens is 202 g/mol. The van der Waals surface area contributed by atoms with Gasteiger partial charge in [0.15, 0.2) is 0 Å². The van der Waals surface area contributed by atoms with E-state index < -0.39 is 5.41 Å². The van der Waals surface area contributed by atoms with Gasteiger partial charge in [0, 0.05) is 19.1 Å². The van der Waals surface area contributed by atoms with Crippen molar-refractivity contribution in [2.45, 2.75) is 33.2 Å². The molecule has 2 atom stereocenters. The quantitative estimate of drug-likeness (QED) is 0.732. The van der Waals surface area contributed by atoms with Crippen molar-refractivity contribution >= 4 is 5.91 Å². The lowest BCUT2D eigenvalue weighted by Crippen LogP contribution is -2.51. The first-order chi connectivity index (χ1) is 7.33. The summed E-state index contributed by atoms with van der Waals surface area (Å²) in [6.07, 6.45) is 1.15. The highest BCUT2D eigenvalue weighted by molar-refractivity contribution is 5.80. The van der Waals surface area contributed by atoms with Crippen LogP contribution in [0.2, 0.25) is 0 Å². The summed E-state index contributed by atoms with van der Waals surface area (Å²) in [6, 6.07) is 0.509. The third-order valence-corrected chi connectivity index (χ3v) is 3.58. The summed E-state index contributed by atoms with van der Waals surface area (Å²) in [5.41, 5.74) is 4.90. The molecule has 1 rings (SSSR count). The van der Waals surface area contributed by atoms with Gasteiger partial charge < -0.3 is 16.0 Å². The second-order valence-corrected chi connectivity index (χ2v) is 5.76. The van der Waals surface area contributed by atoms with Crippen molar-refractivity contribution in [1.29, 1.82) is 0 Å². The van der Waals surface area contributed by atoms with Gasteiger partial charge in [0.1, 0.15) is 0 Å². The van der Waals surface area contributed by atoms with Crippen molar-refractivity contribution in [3.8, 4) is 0 Å². The molecule has 4 heteroatoms. The van der Waals surface area contributed by atoms with Gasteiger partial charge >= 0.3 is 0 Å². The number of hydrogen-bond acceptors (Lipinski definition) is 3. The van der Waals surface area contributed by atoms with Gasteiger partial charge in [-0.3, -0.25) is 4.79 Å². The van der Waals surface area contributed by atoms with E-state index in [-0.39, 0.29) is 5.91 Å². The molecule has 1 aliphatic rings. The van der Waals surface area contributed by atoms with Gasteiger partial charge in [-0.25, -0.2) is 0 Å². The third-order valence-electron chi connectivity index (χ3n) is 3.58. The molecule has 0 saturated carbocycles. The minimum absolute atomic E-state index is 0.236. The normalized spacial score (nSPS) is 28.0. The van der Waals surface area contributed by atoms with Gasteiger partial charge in [-0.2, -0.15) is 0 Å². The lowest BCUT2D eigenvalue weighted by Gasteiger charge is -2.36. The predicted molar refractivity (Wildman–Crippen MR) is 66.0 cm³/mol. The van der Waals surface area contributed by atoms with E-state index in [2.05, 4.69) is 24.2 Å². The third kappa shape index (κ3) is 3.46. The number of nitrogens with two attached hydrogens (primary N) is 1. The van der Waals surface area contributed by atoms with Gasteiger partial charge in [-0.15, -0.1) is 0 Å². The van der Waals surface area contributed by atoms with Crippen LogP contribution in [0.1, 0.15) is 27.2 Å². The number of carbonyl (C=O) groups excluding carboxylic acids is 1. The number of nitrogens with one attached hydrogen (secondary N) is 1. The molecule has 2 unspecified atom stereocenters. The van der Waals surface area contributed by atoms with Crippen molar-refractivity contribution in [3.63, 3.8) is 0 Å². The summed E-state index contributed by atoms with van der Waals surface area (Å²) in [4.78, 5) is 13.6. The minimum Gasteiger partial charge on any atom is -0.369 e. The number of likely N-dealkylation sites (tertiary alicyclic amines) is 1. The van der Waals surface area contributed by atoms with Crippen LogP contribution in [-0.4, -0.2) is 43.5 Å². The molecule has 1 aliphatic heterocycles. The van der Waals surface area contributed by atoms with Crippen LogP contribution in [0.4, 0.5) is 0 Å². The molecule has 0 radical (unpaired) electrons. The Hall–Kier alpha value is -0.610. The van der Waals surface area contributed by atoms with E-state index in [0.717, 1.165) is 19.5 Å². The largest absolute Gasteiger partial charge is 0.369 e. The van der Waals surface area contributed by atoms with Gasteiger partial charge in [-0.05, 0) is 39.8 Å². The molecule has 3 N–H and O–H groups in total. The molecule has 1 fully saturated rings. The highest BCUT2D eigenvalue weighted by atomic mass is 16.1. The van der Waals surface area contributed by atoms with E-state index in [1.807, 2.05) is 13.8 Å². The number of nitrogens with zero attached hydrogens (tertiary/aromatic N) is 1. The molecule has 0 aromatic heterocycles. The van der Waals surface area contributed by atoms with Crippen LogP contribution in [-0.2, 0) is 4.79 Å². The number of amides is 1. The maximum absolute atomic E-state index is 11.2. The molecule has 0 aliphatic carbocycles. The monoisotopic (exact) mass is 227 g/mol. The number of carbonyl (C=O) groups is 1. The topological polar surface area (TPSA) is 58.4 Å². The Kier molecular flexibility index (Phi) is 4.33. The number of primary amides is 1. The molecular formula is C12H25N3O. The Balaban J connectivity index is 2.41. The van der Waals surface area contributed by atoms with E-state index in [9.17, 15) is 4.79 Å². The summed E-state index contributed by atoms with van der Waals surface area (Å²) < 4.78 is 0. The number of hydrogen-bond donors (Lipinski definition) is 2. The lowest BCUT2D eigenvalue weighted by atomic mass is 9.89. The Labute approximate surface area is 98.6 Å². The van der Waals surface area contributed by atoms with Gasteiger partial charge in [0.2, 0.25) is 5.91 Å². The second-order valence-electron chi connectivity index (χ2n) is 5.76. The average Bonchev–Trinajstić information content (AvgIpc) is 2.16.